The van der Waals surface area contributed by atoms with Crippen LogP contribution in [0.2, 0.25) is 0 Å². The Morgan fingerprint density at radius 2 is 1.40 bits per heavy atom. The zero-order chi connectivity index (χ0) is 25.4. The maximum Gasteiger partial charge on any atom is 0.416 e. The Labute approximate surface area is 197 Å². The van der Waals surface area contributed by atoms with Gasteiger partial charge in [-0.25, -0.2) is 4.39 Å². The summed E-state index contributed by atoms with van der Waals surface area (Å²) in [6, 6.07) is 4.73. The first kappa shape index (κ1) is 25.3. The molecule has 1 amide bonds. The van der Waals surface area contributed by atoms with Crippen molar-refractivity contribution >= 4 is 17.3 Å². The molecule has 2 fully saturated rings. The second-order valence-corrected chi connectivity index (χ2v) is 8.91. The van der Waals surface area contributed by atoms with Crippen LogP contribution in [-0.2, 0) is 12.4 Å². The number of amides is 1. The van der Waals surface area contributed by atoms with Crippen LogP contribution in [0.25, 0.3) is 0 Å². The first-order valence-electron chi connectivity index (χ1n) is 11.3. The summed E-state index contributed by atoms with van der Waals surface area (Å²) in [5.74, 6) is -2.30. The Kier molecular flexibility index (Phi) is 6.99. The summed E-state index contributed by atoms with van der Waals surface area (Å²) in [4.78, 5) is 16.9. The summed E-state index contributed by atoms with van der Waals surface area (Å²) >= 11 is 0. The molecule has 0 saturated carbocycles. The molecule has 4 rings (SSSR count). The second kappa shape index (κ2) is 9.67. The zero-order valence-electron chi connectivity index (χ0n) is 18.6. The van der Waals surface area contributed by atoms with Gasteiger partial charge >= 0.3 is 12.4 Å². The third kappa shape index (κ3) is 6.06. The first-order chi connectivity index (χ1) is 16.4. The van der Waals surface area contributed by atoms with E-state index in [0.29, 0.717) is 37.3 Å². The van der Waals surface area contributed by atoms with Gasteiger partial charge in [0.25, 0.3) is 5.91 Å². The van der Waals surface area contributed by atoms with E-state index in [4.69, 9.17) is 0 Å². The highest BCUT2D eigenvalue weighted by atomic mass is 19.4. The van der Waals surface area contributed by atoms with Gasteiger partial charge in [-0.05, 0) is 75.2 Å². The van der Waals surface area contributed by atoms with Gasteiger partial charge in [0.2, 0.25) is 0 Å². The van der Waals surface area contributed by atoms with Gasteiger partial charge in [0.1, 0.15) is 5.82 Å². The number of hydrogen-bond acceptors (Lipinski definition) is 3. The van der Waals surface area contributed by atoms with Gasteiger partial charge in [-0.2, -0.15) is 26.3 Å². The minimum Gasteiger partial charge on any atom is -0.371 e. The summed E-state index contributed by atoms with van der Waals surface area (Å²) < 4.78 is 93.3. The fourth-order valence-corrected chi connectivity index (χ4v) is 4.71. The van der Waals surface area contributed by atoms with Gasteiger partial charge in [0, 0.05) is 36.1 Å². The fraction of sp³-hybridized carbons (Fsp3) is 0.458. The van der Waals surface area contributed by atoms with Crippen LogP contribution >= 0.6 is 0 Å². The second-order valence-electron chi connectivity index (χ2n) is 8.91. The van der Waals surface area contributed by atoms with Crippen LogP contribution in [0.3, 0.4) is 0 Å². The lowest BCUT2D eigenvalue weighted by molar-refractivity contribution is -0.138. The largest absolute Gasteiger partial charge is 0.416 e. The third-order valence-electron chi connectivity index (χ3n) is 6.48. The maximum atomic E-state index is 13.7. The highest BCUT2D eigenvalue weighted by Crippen LogP contribution is 2.35. The fourth-order valence-electron chi connectivity index (χ4n) is 4.71. The van der Waals surface area contributed by atoms with Gasteiger partial charge < -0.3 is 15.1 Å². The van der Waals surface area contributed by atoms with E-state index in [2.05, 4.69) is 10.2 Å². The van der Waals surface area contributed by atoms with Crippen LogP contribution in [0.15, 0.2) is 36.4 Å². The lowest BCUT2D eigenvalue weighted by Gasteiger charge is -2.38. The predicted molar refractivity (Wildman–Crippen MR) is 117 cm³/mol. The SMILES string of the molecule is O=C(Nc1cc(F)cc(C(F)(F)F)c1)c1cc(N2CCC(N3CCCC3)CC2)cc(C(F)(F)F)c1. The Balaban J connectivity index is 1.56. The maximum absolute atomic E-state index is 13.7. The summed E-state index contributed by atoms with van der Waals surface area (Å²) in [6.07, 6.45) is -5.75. The minimum absolute atomic E-state index is 0.208. The van der Waals surface area contributed by atoms with Gasteiger partial charge in [-0.3, -0.25) is 4.79 Å². The van der Waals surface area contributed by atoms with Crippen molar-refractivity contribution in [1.29, 1.82) is 0 Å². The van der Waals surface area contributed by atoms with E-state index in [-0.39, 0.29) is 17.3 Å². The molecule has 35 heavy (non-hydrogen) atoms. The molecule has 4 nitrogen and oxygen atoms in total. The number of nitrogens with zero attached hydrogens (tertiary/aromatic N) is 2. The molecule has 2 aliphatic rings. The average molecular weight is 503 g/mol. The number of alkyl halides is 6. The van der Waals surface area contributed by atoms with Crippen LogP contribution in [-0.4, -0.2) is 43.0 Å². The van der Waals surface area contributed by atoms with Crippen molar-refractivity contribution in [2.24, 2.45) is 0 Å². The van der Waals surface area contributed by atoms with Crippen molar-refractivity contribution in [3.05, 3.63) is 58.9 Å². The summed E-state index contributed by atoms with van der Waals surface area (Å²) in [7, 11) is 0. The summed E-state index contributed by atoms with van der Waals surface area (Å²) in [6.45, 7) is 3.08. The molecule has 2 saturated heterocycles. The number of halogens is 7. The van der Waals surface area contributed by atoms with Crippen molar-refractivity contribution < 1.29 is 35.5 Å². The van der Waals surface area contributed by atoms with Crippen LogP contribution in [0.1, 0.15) is 47.2 Å². The number of rotatable bonds is 4. The molecule has 0 spiro atoms. The molecule has 2 aromatic rings. The highest BCUT2D eigenvalue weighted by molar-refractivity contribution is 6.05. The van der Waals surface area contributed by atoms with E-state index in [9.17, 15) is 35.5 Å². The molecule has 0 aromatic heterocycles. The number of carbonyl (C=O) groups is 1. The van der Waals surface area contributed by atoms with E-state index < -0.39 is 40.9 Å². The molecule has 0 radical (unpaired) electrons. The number of likely N-dealkylation sites (tertiary alicyclic amines) is 1. The summed E-state index contributed by atoms with van der Waals surface area (Å²) in [5.41, 5.74) is -3.04. The van der Waals surface area contributed by atoms with Crippen molar-refractivity contribution in [2.75, 3.05) is 36.4 Å². The monoisotopic (exact) mass is 503 g/mol. The quantitative estimate of drug-likeness (QED) is 0.507. The van der Waals surface area contributed by atoms with Crippen LogP contribution < -0.4 is 10.2 Å². The number of benzene rings is 2. The molecule has 11 heteroatoms. The van der Waals surface area contributed by atoms with Crippen LogP contribution in [0, 0.1) is 5.82 Å². The summed E-state index contributed by atoms with van der Waals surface area (Å²) in [5, 5.41) is 2.09. The molecule has 190 valence electrons. The van der Waals surface area contributed by atoms with Gasteiger partial charge in [-0.15, -0.1) is 0 Å². The molecule has 0 bridgehead atoms. The Hall–Kier alpha value is -2.82. The molecule has 0 aliphatic carbocycles. The van der Waals surface area contributed by atoms with E-state index >= 15 is 0 Å². The molecule has 0 unspecified atom stereocenters. The van der Waals surface area contributed by atoms with Crippen molar-refractivity contribution in [3.63, 3.8) is 0 Å². The Morgan fingerprint density at radius 3 is 2.00 bits per heavy atom. The molecule has 2 aromatic carbocycles. The van der Waals surface area contributed by atoms with Crippen LogP contribution in [0.5, 0.6) is 0 Å². The minimum atomic E-state index is -4.86. The first-order valence-corrected chi connectivity index (χ1v) is 11.3. The lowest BCUT2D eigenvalue weighted by atomic mass is 10.0. The molecule has 0 atom stereocenters. The lowest BCUT2D eigenvalue weighted by Crippen LogP contribution is -2.44. The molecule has 2 heterocycles. The average Bonchev–Trinajstić information content (AvgIpc) is 3.32. The van der Waals surface area contributed by atoms with E-state index in [0.717, 1.165) is 44.8 Å². The van der Waals surface area contributed by atoms with Crippen molar-refractivity contribution in [2.45, 2.75) is 44.1 Å². The number of piperidine rings is 1. The number of anilines is 2. The predicted octanol–water partition coefficient (Wildman–Crippen LogP) is 6.18. The topological polar surface area (TPSA) is 35.6 Å². The van der Waals surface area contributed by atoms with Crippen LogP contribution in [0.4, 0.5) is 42.1 Å². The van der Waals surface area contributed by atoms with E-state index in [1.807, 2.05) is 0 Å². The van der Waals surface area contributed by atoms with Gasteiger partial charge in [0.05, 0.1) is 11.1 Å². The number of hydrogen-bond donors (Lipinski definition) is 1. The smallest absolute Gasteiger partial charge is 0.371 e. The number of nitrogens with one attached hydrogen (secondary N) is 1. The van der Waals surface area contributed by atoms with Gasteiger partial charge in [0.15, 0.2) is 0 Å². The standard InChI is InChI=1S/C24H24F7N3O/c25-18-11-17(24(29,30)31)12-19(14-18)32-22(35)15-9-16(23(26,27)28)13-21(10-15)34-7-3-20(4-8-34)33-5-1-2-6-33/h9-14,20H,1-8H2,(H,32,35). The Morgan fingerprint density at radius 1 is 0.800 bits per heavy atom. The van der Waals surface area contributed by atoms with Crippen molar-refractivity contribution in [1.82, 2.24) is 4.90 Å². The molecule has 1 N–H and O–H groups in total. The van der Waals surface area contributed by atoms with Gasteiger partial charge in [-0.1, -0.05) is 0 Å². The molecular weight excluding hydrogens is 479 g/mol. The third-order valence-corrected chi connectivity index (χ3v) is 6.48. The zero-order valence-corrected chi connectivity index (χ0v) is 18.6. The van der Waals surface area contributed by atoms with E-state index in [1.165, 1.54) is 6.07 Å². The molecule has 2 aliphatic heterocycles. The van der Waals surface area contributed by atoms with E-state index in [1.54, 1.807) is 4.90 Å². The highest BCUT2D eigenvalue weighted by Gasteiger charge is 2.34. The Bertz CT molecular complexity index is 1070. The normalized spacial score (nSPS) is 18.2. The number of carbonyl (C=O) groups excluding carboxylic acids is 1. The molecular formula is C24H24F7N3O. The van der Waals surface area contributed by atoms with Crippen molar-refractivity contribution in [3.8, 4) is 0 Å².